The van der Waals surface area contributed by atoms with Crippen LogP contribution >= 0.6 is 0 Å². The second-order valence-corrected chi connectivity index (χ2v) is 5.39. The van der Waals surface area contributed by atoms with Gasteiger partial charge in [-0.3, -0.25) is 9.78 Å². The Morgan fingerprint density at radius 2 is 1.95 bits per heavy atom. The number of rotatable bonds is 4. The summed E-state index contributed by atoms with van der Waals surface area (Å²) in [6.45, 7) is 0.412. The molecule has 2 N–H and O–H groups in total. The van der Waals surface area contributed by atoms with Crippen molar-refractivity contribution in [2.24, 2.45) is 5.41 Å². The molecule has 104 valence electrons. The summed E-state index contributed by atoms with van der Waals surface area (Å²) in [7, 11) is 0. The molecule has 1 aliphatic carbocycles. The first kappa shape index (κ1) is 12.8. The van der Waals surface area contributed by atoms with Gasteiger partial charge in [0.05, 0.1) is 22.6 Å². The van der Waals surface area contributed by atoms with Gasteiger partial charge in [-0.2, -0.15) is 0 Å². The average molecular weight is 271 g/mol. The Bertz CT molecular complexity index is 636. The molecule has 20 heavy (non-hydrogen) atoms. The number of carboxylic acids is 1. The largest absolute Gasteiger partial charge is 0.481 e. The van der Waals surface area contributed by atoms with Crippen molar-refractivity contribution in [3.05, 3.63) is 30.5 Å². The van der Waals surface area contributed by atoms with Crippen molar-refractivity contribution in [1.29, 1.82) is 0 Å². The fourth-order valence-corrected chi connectivity index (χ4v) is 2.82. The predicted molar refractivity (Wildman–Crippen MR) is 76.6 cm³/mol. The van der Waals surface area contributed by atoms with Crippen LogP contribution in [0.5, 0.6) is 0 Å². The van der Waals surface area contributed by atoms with E-state index in [9.17, 15) is 9.90 Å². The number of carboxylic acid groups (broad SMARTS) is 1. The van der Waals surface area contributed by atoms with Gasteiger partial charge in [-0.15, -0.1) is 0 Å². The van der Waals surface area contributed by atoms with Crippen molar-refractivity contribution in [1.82, 2.24) is 9.97 Å². The van der Waals surface area contributed by atoms with E-state index in [0.29, 0.717) is 12.4 Å². The predicted octanol–water partition coefficient (Wildman–Crippen LogP) is 2.69. The van der Waals surface area contributed by atoms with E-state index in [2.05, 4.69) is 15.3 Å². The highest BCUT2D eigenvalue weighted by Gasteiger charge is 2.41. The number of carbonyl (C=O) groups is 1. The lowest BCUT2D eigenvalue weighted by atomic mass is 9.86. The van der Waals surface area contributed by atoms with Crippen LogP contribution in [0.2, 0.25) is 0 Å². The molecule has 0 spiro atoms. The van der Waals surface area contributed by atoms with Gasteiger partial charge in [-0.05, 0) is 25.0 Å². The molecule has 1 aliphatic rings. The van der Waals surface area contributed by atoms with Crippen LogP contribution < -0.4 is 5.32 Å². The van der Waals surface area contributed by atoms with Gasteiger partial charge < -0.3 is 10.4 Å². The van der Waals surface area contributed by atoms with Crippen LogP contribution in [0.4, 0.5) is 5.82 Å². The Kier molecular flexibility index (Phi) is 3.26. The lowest BCUT2D eigenvalue weighted by molar-refractivity contribution is -0.147. The van der Waals surface area contributed by atoms with E-state index >= 15 is 0 Å². The number of fused-ring (bicyclic) bond motifs is 1. The molecule has 0 unspecified atom stereocenters. The minimum atomic E-state index is -0.712. The van der Waals surface area contributed by atoms with Crippen LogP contribution in [0.3, 0.4) is 0 Å². The summed E-state index contributed by atoms with van der Waals surface area (Å²) in [6, 6.07) is 7.64. The van der Waals surface area contributed by atoms with E-state index < -0.39 is 11.4 Å². The number of aliphatic carboxylic acids is 1. The monoisotopic (exact) mass is 271 g/mol. The standard InChI is InChI=1S/C15H17N3O2/c19-14(20)15(7-3-4-8-15)10-17-13-9-16-11-5-1-2-6-12(11)18-13/h1-2,5-6,9H,3-4,7-8,10H2,(H,17,18)(H,19,20). The minimum absolute atomic E-state index is 0.412. The highest BCUT2D eigenvalue weighted by Crippen LogP contribution is 2.38. The molecule has 0 atom stereocenters. The Hall–Kier alpha value is -2.17. The summed E-state index contributed by atoms with van der Waals surface area (Å²) < 4.78 is 0. The first-order chi connectivity index (χ1) is 9.70. The van der Waals surface area contributed by atoms with Crippen LogP contribution in [0.15, 0.2) is 30.5 Å². The van der Waals surface area contributed by atoms with Gasteiger partial charge >= 0.3 is 5.97 Å². The van der Waals surface area contributed by atoms with Gasteiger partial charge in [-0.25, -0.2) is 4.98 Å². The topological polar surface area (TPSA) is 75.1 Å². The fourth-order valence-electron chi connectivity index (χ4n) is 2.82. The average Bonchev–Trinajstić information content (AvgIpc) is 2.95. The molecular formula is C15H17N3O2. The maximum atomic E-state index is 11.5. The number of anilines is 1. The molecule has 5 nitrogen and oxygen atoms in total. The van der Waals surface area contributed by atoms with Crippen LogP contribution in [0, 0.1) is 5.41 Å². The van der Waals surface area contributed by atoms with E-state index in [1.54, 1.807) is 6.20 Å². The van der Waals surface area contributed by atoms with Crippen molar-refractivity contribution >= 4 is 22.8 Å². The highest BCUT2D eigenvalue weighted by atomic mass is 16.4. The van der Waals surface area contributed by atoms with Crippen LogP contribution in [0.25, 0.3) is 11.0 Å². The molecule has 2 aromatic rings. The minimum Gasteiger partial charge on any atom is -0.481 e. The maximum absolute atomic E-state index is 11.5. The van der Waals surface area contributed by atoms with Gasteiger partial charge in [0.2, 0.25) is 0 Å². The summed E-state index contributed by atoms with van der Waals surface area (Å²) in [6.07, 6.45) is 5.09. The van der Waals surface area contributed by atoms with Crippen molar-refractivity contribution in [3.63, 3.8) is 0 Å². The van der Waals surface area contributed by atoms with Gasteiger partial charge in [0.15, 0.2) is 0 Å². The molecule has 0 bridgehead atoms. The Morgan fingerprint density at radius 1 is 1.25 bits per heavy atom. The SMILES string of the molecule is O=C(O)C1(CNc2cnc3ccccc3n2)CCCC1. The summed E-state index contributed by atoms with van der Waals surface area (Å²) >= 11 is 0. The molecule has 1 aromatic carbocycles. The maximum Gasteiger partial charge on any atom is 0.311 e. The third-order valence-corrected chi connectivity index (χ3v) is 4.07. The van der Waals surface area contributed by atoms with Crippen LogP contribution in [-0.2, 0) is 4.79 Å². The Balaban J connectivity index is 1.77. The molecule has 3 rings (SSSR count). The van der Waals surface area contributed by atoms with Gasteiger partial charge in [0, 0.05) is 6.54 Å². The smallest absolute Gasteiger partial charge is 0.311 e. The lowest BCUT2D eigenvalue weighted by Crippen LogP contribution is -2.35. The molecule has 0 radical (unpaired) electrons. The van der Waals surface area contributed by atoms with E-state index in [4.69, 9.17) is 0 Å². The van der Waals surface area contributed by atoms with Crippen LogP contribution in [0.1, 0.15) is 25.7 Å². The number of benzene rings is 1. The Labute approximate surface area is 117 Å². The third-order valence-electron chi connectivity index (χ3n) is 4.07. The molecule has 0 aliphatic heterocycles. The van der Waals surface area contributed by atoms with Gasteiger partial charge in [0.25, 0.3) is 0 Å². The number of hydrogen-bond donors (Lipinski definition) is 2. The number of nitrogens with one attached hydrogen (secondary N) is 1. The summed E-state index contributed by atoms with van der Waals surface area (Å²) in [5.74, 6) is -0.0764. The third kappa shape index (κ3) is 2.31. The number of hydrogen-bond acceptors (Lipinski definition) is 4. The quantitative estimate of drug-likeness (QED) is 0.894. The number of aromatic nitrogens is 2. The molecule has 1 saturated carbocycles. The van der Waals surface area contributed by atoms with E-state index in [-0.39, 0.29) is 0 Å². The normalized spacial score (nSPS) is 17.2. The number of para-hydroxylation sites is 2. The first-order valence-electron chi connectivity index (χ1n) is 6.89. The zero-order valence-electron chi connectivity index (χ0n) is 11.2. The van der Waals surface area contributed by atoms with Crippen molar-refractivity contribution < 1.29 is 9.90 Å². The van der Waals surface area contributed by atoms with Crippen molar-refractivity contribution in [3.8, 4) is 0 Å². The van der Waals surface area contributed by atoms with Crippen molar-refractivity contribution in [2.45, 2.75) is 25.7 Å². The molecule has 0 saturated heterocycles. The van der Waals surface area contributed by atoms with Gasteiger partial charge in [-0.1, -0.05) is 25.0 Å². The molecule has 1 heterocycles. The van der Waals surface area contributed by atoms with E-state index in [1.165, 1.54) is 0 Å². The Morgan fingerprint density at radius 3 is 2.65 bits per heavy atom. The number of nitrogens with zero attached hydrogens (tertiary/aromatic N) is 2. The zero-order chi connectivity index (χ0) is 14.0. The molecule has 1 fully saturated rings. The summed E-state index contributed by atoms with van der Waals surface area (Å²) in [5.41, 5.74) is 1.01. The van der Waals surface area contributed by atoms with Crippen LogP contribution in [-0.4, -0.2) is 27.6 Å². The second kappa shape index (κ2) is 5.07. The molecule has 5 heteroatoms. The fraction of sp³-hybridized carbons (Fsp3) is 0.400. The summed E-state index contributed by atoms with van der Waals surface area (Å²) in [5, 5.41) is 12.6. The van der Waals surface area contributed by atoms with Gasteiger partial charge in [0.1, 0.15) is 5.82 Å². The van der Waals surface area contributed by atoms with E-state index in [0.717, 1.165) is 36.7 Å². The first-order valence-corrected chi connectivity index (χ1v) is 6.89. The molecule has 1 aromatic heterocycles. The molecule has 0 amide bonds. The lowest BCUT2D eigenvalue weighted by Gasteiger charge is -2.24. The highest BCUT2D eigenvalue weighted by molar-refractivity contribution is 5.77. The molecular weight excluding hydrogens is 254 g/mol. The zero-order valence-corrected chi connectivity index (χ0v) is 11.2. The summed E-state index contributed by atoms with van der Waals surface area (Å²) in [4.78, 5) is 20.3. The van der Waals surface area contributed by atoms with Crippen molar-refractivity contribution in [2.75, 3.05) is 11.9 Å². The second-order valence-electron chi connectivity index (χ2n) is 5.39. The van der Waals surface area contributed by atoms with E-state index in [1.807, 2.05) is 24.3 Å².